The zero-order valence-corrected chi connectivity index (χ0v) is 16.4. The number of hydrogen-bond acceptors (Lipinski definition) is 4. The lowest BCUT2D eigenvalue weighted by Crippen LogP contribution is -2.30. The number of anilines is 1. The van der Waals surface area contributed by atoms with Crippen molar-refractivity contribution in [2.24, 2.45) is 5.92 Å². The zero-order valence-electron chi connectivity index (χ0n) is 15.6. The Morgan fingerprint density at radius 2 is 2.04 bits per heavy atom. The summed E-state index contributed by atoms with van der Waals surface area (Å²) >= 11 is 5.21. The van der Waals surface area contributed by atoms with Crippen LogP contribution in [0.5, 0.6) is 0 Å². The van der Waals surface area contributed by atoms with Crippen LogP contribution in [0.15, 0.2) is 24.3 Å². The van der Waals surface area contributed by atoms with Gasteiger partial charge in [0.05, 0.1) is 6.04 Å². The fourth-order valence-electron chi connectivity index (χ4n) is 2.89. The molecule has 1 unspecified atom stereocenters. The number of carbonyl (C=O) groups is 2. The van der Waals surface area contributed by atoms with Gasteiger partial charge < -0.3 is 10.6 Å². The van der Waals surface area contributed by atoms with E-state index in [2.05, 4.69) is 27.8 Å². The third-order valence-electron chi connectivity index (χ3n) is 4.62. The molecular weight excluding hydrogens is 362 g/mol. The molecule has 1 heterocycles. The lowest BCUT2D eigenvalue weighted by atomic mass is 10.1. The van der Waals surface area contributed by atoms with Crippen molar-refractivity contribution >= 4 is 29.7 Å². The van der Waals surface area contributed by atoms with Gasteiger partial charge in [0.25, 0.3) is 0 Å². The Bertz CT molecular complexity index is 867. The molecule has 0 spiro atoms. The van der Waals surface area contributed by atoms with E-state index in [1.54, 1.807) is 4.57 Å². The van der Waals surface area contributed by atoms with Crippen LogP contribution >= 0.6 is 12.2 Å². The third kappa shape index (κ3) is 5.03. The standard InChI is InChI=1S/C19H25N5O2S/c1-3-4-16-22-23-19(27)24(16)11-17(25)20-12(2)13-7-9-15(10-8-13)21-18(26)14-5-6-14/h7-10,12,14H,3-6,11H2,1-2H3,(H,20,25)(H,21,26)(H,23,27). The van der Waals surface area contributed by atoms with Crippen LogP contribution in [0, 0.1) is 10.7 Å². The SMILES string of the molecule is CCCc1n[nH]c(=S)n1CC(=O)NC(C)c1ccc(NC(=O)C2CC2)cc1. The van der Waals surface area contributed by atoms with Crippen molar-refractivity contribution < 1.29 is 9.59 Å². The summed E-state index contributed by atoms with van der Waals surface area (Å²) in [7, 11) is 0. The van der Waals surface area contributed by atoms with Gasteiger partial charge in [-0.05, 0) is 56.1 Å². The molecule has 3 N–H and O–H groups in total. The minimum atomic E-state index is -0.151. The largest absolute Gasteiger partial charge is 0.348 e. The summed E-state index contributed by atoms with van der Waals surface area (Å²) in [5.74, 6) is 0.934. The highest BCUT2D eigenvalue weighted by molar-refractivity contribution is 7.71. The van der Waals surface area contributed by atoms with Gasteiger partial charge in [-0.15, -0.1) is 0 Å². The minimum Gasteiger partial charge on any atom is -0.348 e. The van der Waals surface area contributed by atoms with Crippen LogP contribution in [0.4, 0.5) is 5.69 Å². The minimum absolute atomic E-state index is 0.0869. The first-order chi connectivity index (χ1) is 13.0. The van der Waals surface area contributed by atoms with Gasteiger partial charge in [0, 0.05) is 18.0 Å². The summed E-state index contributed by atoms with van der Waals surface area (Å²) in [6, 6.07) is 7.41. The van der Waals surface area contributed by atoms with E-state index < -0.39 is 0 Å². The molecule has 0 bridgehead atoms. The molecular formula is C19H25N5O2S. The van der Waals surface area contributed by atoms with Crippen LogP contribution in [0.2, 0.25) is 0 Å². The normalized spacial score (nSPS) is 14.6. The molecule has 1 aliphatic rings. The van der Waals surface area contributed by atoms with E-state index in [-0.39, 0.29) is 30.3 Å². The number of hydrogen-bond donors (Lipinski definition) is 3. The molecule has 8 heteroatoms. The molecule has 1 fully saturated rings. The monoisotopic (exact) mass is 387 g/mol. The van der Waals surface area contributed by atoms with Gasteiger partial charge >= 0.3 is 0 Å². The van der Waals surface area contributed by atoms with Gasteiger partial charge in [-0.2, -0.15) is 5.10 Å². The predicted octanol–water partition coefficient (Wildman–Crippen LogP) is 3.12. The Kier molecular flexibility index (Phi) is 6.05. The summed E-state index contributed by atoms with van der Waals surface area (Å²) in [4.78, 5) is 24.2. The number of aromatic nitrogens is 3. The van der Waals surface area contributed by atoms with E-state index in [1.165, 1.54) is 0 Å². The van der Waals surface area contributed by atoms with Crippen LogP contribution in [0.1, 0.15) is 50.5 Å². The Hall–Kier alpha value is -2.48. The zero-order chi connectivity index (χ0) is 19.4. The van der Waals surface area contributed by atoms with Gasteiger partial charge in [0.1, 0.15) is 12.4 Å². The predicted molar refractivity (Wildman–Crippen MR) is 106 cm³/mol. The first kappa shape index (κ1) is 19.3. The maximum absolute atomic E-state index is 12.4. The number of aromatic amines is 1. The lowest BCUT2D eigenvalue weighted by molar-refractivity contribution is -0.122. The van der Waals surface area contributed by atoms with Crippen molar-refractivity contribution in [3.05, 3.63) is 40.4 Å². The van der Waals surface area contributed by atoms with Crippen molar-refractivity contribution in [3.8, 4) is 0 Å². The summed E-state index contributed by atoms with van der Waals surface area (Å²) in [6.07, 6.45) is 3.66. The van der Waals surface area contributed by atoms with Crippen molar-refractivity contribution in [3.63, 3.8) is 0 Å². The van der Waals surface area contributed by atoms with Crippen molar-refractivity contribution in [1.82, 2.24) is 20.1 Å². The van der Waals surface area contributed by atoms with E-state index in [0.29, 0.717) is 4.77 Å². The molecule has 1 aliphatic carbocycles. The van der Waals surface area contributed by atoms with Crippen molar-refractivity contribution in [1.29, 1.82) is 0 Å². The number of aryl methyl sites for hydroxylation is 1. The highest BCUT2D eigenvalue weighted by atomic mass is 32.1. The van der Waals surface area contributed by atoms with Gasteiger partial charge in [0.15, 0.2) is 4.77 Å². The Morgan fingerprint density at radius 1 is 1.33 bits per heavy atom. The molecule has 0 aliphatic heterocycles. The van der Waals surface area contributed by atoms with E-state index in [0.717, 1.165) is 42.8 Å². The summed E-state index contributed by atoms with van der Waals surface area (Å²) in [5.41, 5.74) is 1.75. The molecule has 2 amide bonds. The number of rotatable bonds is 8. The highest BCUT2D eigenvalue weighted by Crippen LogP contribution is 2.30. The average molecular weight is 388 g/mol. The molecule has 7 nitrogen and oxygen atoms in total. The first-order valence-corrected chi connectivity index (χ1v) is 9.73. The lowest BCUT2D eigenvalue weighted by Gasteiger charge is -2.16. The van der Waals surface area contributed by atoms with Crippen molar-refractivity contribution in [2.75, 3.05) is 5.32 Å². The van der Waals surface area contributed by atoms with Crippen LogP contribution in [0.25, 0.3) is 0 Å². The average Bonchev–Trinajstić information content (AvgIpc) is 3.44. The molecule has 3 rings (SSSR count). The summed E-state index contributed by atoms with van der Waals surface area (Å²) in [5, 5.41) is 12.8. The Labute approximate surface area is 163 Å². The molecule has 0 radical (unpaired) electrons. The molecule has 2 aromatic rings. The molecule has 1 saturated carbocycles. The van der Waals surface area contributed by atoms with E-state index in [9.17, 15) is 9.59 Å². The number of benzene rings is 1. The number of nitrogens with zero attached hydrogens (tertiary/aromatic N) is 2. The van der Waals surface area contributed by atoms with Crippen LogP contribution in [0.3, 0.4) is 0 Å². The Balaban J connectivity index is 1.57. The second kappa shape index (κ2) is 8.47. The fourth-order valence-corrected chi connectivity index (χ4v) is 3.10. The van der Waals surface area contributed by atoms with Crippen LogP contribution in [-0.4, -0.2) is 26.6 Å². The smallest absolute Gasteiger partial charge is 0.240 e. The molecule has 1 aromatic heterocycles. The summed E-state index contributed by atoms with van der Waals surface area (Å²) in [6.45, 7) is 4.13. The summed E-state index contributed by atoms with van der Waals surface area (Å²) < 4.78 is 2.19. The van der Waals surface area contributed by atoms with Crippen LogP contribution in [-0.2, 0) is 22.6 Å². The number of carbonyl (C=O) groups excluding carboxylic acids is 2. The third-order valence-corrected chi connectivity index (χ3v) is 4.93. The van der Waals surface area contributed by atoms with E-state index >= 15 is 0 Å². The molecule has 27 heavy (non-hydrogen) atoms. The highest BCUT2D eigenvalue weighted by Gasteiger charge is 2.29. The van der Waals surface area contributed by atoms with Gasteiger partial charge in [-0.1, -0.05) is 19.1 Å². The van der Waals surface area contributed by atoms with Gasteiger partial charge in [0.2, 0.25) is 11.8 Å². The topological polar surface area (TPSA) is 91.8 Å². The van der Waals surface area contributed by atoms with Gasteiger partial charge in [-0.25, -0.2) is 0 Å². The van der Waals surface area contributed by atoms with E-state index in [4.69, 9.17) is 12.2 Å². The number of amides is 2. The van der Waals surface area contributed by atoms with Crippen molar-refractivity contribution in [2.45, 2.75) is 52.1 Å². The van der Waals surface area contributed by atoms with E-state index in [1.807, 2.05) is 31.2 Å². The van der Waals surface area contributed by atoms with Crippen LogP contribution < -0.4 is 10.6 Å². The van der Waals surface area contributed by atoms with Gasteiger partial charge in [-0.3, -0.25) is 19.3 Å². The number of nitrogens with one attached hydrogen (secondary N) is 3. The molecule has 0 saturated heterocycles. The molecule has 1 atom stereocenters. The molecule has 1 aromatic carbocycles. The number of H-pyrrole nitrogens is 1. The maximum atomic E-state index is 12.4. The first-order valence-electron chi connectivity index (χ1n) is 9.32. The second-order valence-electron chi connectivity index (χ2n) is 6.96. The Morgan fingerprint density at radius 3 is 2.67 bits per heavy atom. The fraction of sp³-hybridized carbons (Fsp3) is 0.474. The maximum Gasteiger partial charge on any atom is 0.240 e. The second-order valence-corrected chi connectivity index (χ2v) is 7.34. The molecule has 144 valence electrons. The quantitative estimate of drug-likeness (QED) is 0.607.